The van der Waals surface area contributed by atoms with Gasteiger partial charge < -0.3 is 4.74 Å². The maximum absolute atomic E-state index is 12.9. The Balaban J connectivity index is 1.71. The minimum Gasteiger partial charge on any atom is -0.348 e. The van der Waals surface area contributed by atoms with Crippen LogP contribution in [0.4, 0.5) is 0 Å². The molecule has 3 aromatic rings. The zero-order valence-corrected chi connectivity index (χ0v) is 13.6. The van der Waals surface area contributed by atoms with Gasteiger partial charge in [-0.3, -0.25) is 4.79 Å². The van der Waals surface area contributed by atoms with Gasteiger partial charge in [-0.25, -0.2) is 0 Å². The van der Waals surface area contributed by atoms with Gasteiger partial charge in [0.05, 0.1) is 11.8 Å². The van der Waals surface area contributed by atoms with Crippen molar-refractivity contribution in [3.63, 3.8) is 0 Å². The minimum absolute atomic E-state index is 0.0787. The Morgan fingerprint density at radius 2 is 1.00 bits per heavy atom. The molecule has 120 valence electrons. The van der Waals surface area contributed by atoms with Crippen molar-refractivity contribution >= 4 is 5.78 Å². The lowest BCUT2D eigenvalue weighted by Gasteiger charge is -2.30. The van der Waals surface area contributed by atoms with Gasteiger partial charge in [-0.2, -0.15) is 0 Å². The Hall–Kier alpha value is -2.71. The number of Topliss-reactive ketones (excluding diaryl/α,β-unsaturated/α-hetero) is 1. The fourth-order valence-corrected chi connectivity index (χ4v) is 5.23. The molecule has 2 heterocycles. The Bertz CT molecular complexity index is 930. The number of carbonyl (C=O) groups excluding carboxylic acids is 1. The Morgan fingerprint density at radius 3 is 1.44 bits per heavy atom. The van der Waals surface area contributed by atoms with Gasteiger partial charge in [0.15, 0.2) is 0 Å². The number of hydrogen-bond donors (Lipinski definition) is 0. The molecule has 25 heavy (non-hydrogen) atoms. The number of carbonyl (C=O) groups is 1. The number of fused-ring (bicyclic) bond motifs is 8. The second-order valence-corrected chi connectivity index (χ2v) is 7.21. The number of ether oxygens (including phenoxy) is 1. The summed E-state index contributed by atoms with van der Waals surface area (Å²) in [5.74, 6) is 0.171. The first-order valence-electron chi connectivity index (χ1n) is 8.75. The first kappa shape index (κ1) is 13.6. The molecular weight excluding hydrogens is 308 g/mol. The zero-order valence-electron chi connectivity index (χ0n) is 13.6. The third kappa shape index (κ3) is 1.36. The van der Waals surface area contributed by atoms with E-state index in [0.717, 1.165) is 22.3 Å². The van der Waals surface area contributed by atoms with Crippen molar-refractivity contribution in [3.8, 4) is 0 Å². The second kappa shape index (κ2) is 4.27. The van der Waals surface area contributed by atoms with Crippen molar-refractivity contribution in [2.24, 2.45) is 11.8 Å². The van der Waals surface area contributed by atoms with E-state index in [4.69, 9.17) is 4.74 Å². The fourth-order valence-electron chi connectivity index (χ4n) is 5.23. The van der Waals surface area contributed by atoms with Crippen LogP contribution in [-0.2, 0) is 20.7 Å². The fraction of sp³-hybridized carbons (Fsp3) is 0.174. The van der Waals surface area contributed by atoms with E-state index in [2.05, 4.69) is 36.4 Å². The summed E-state index contributed by atoms with van der Waals surface area (Å²) in [5.41, 5.74) is 3.18. The zero-order chi connectivity index (χ0) is 16.6. The number of benzene rings is 3. The van der Waals surface area contributed by atoms with Crippen LogP contribution in [0.2, 0.25) is 0 Å². The van der Waals surface area contributed by atoms with Crippen molar-refractivity contribution < 1.29 is 9.53 Å². The summed E-state index contributed by atoms with van der Waals surface area (Å²) in [7, 11) is 0. The van der Waals surface area contributed by atoms with E-state index in [1.165, 1.54) is 0 Å². The molecule has 1 saturated heterocycles. The largest absolute Gasteiger partial charge is 0.348 e. The normalized spacial score (nSPS) is 33.8. The second-order valence-electron chi connectivity index (χ2n) is 7.21. The number of rotatable bonds is 2. The summed E-state index contributed by atoms with van der Waals surface area (Å²) < 4.78 is 6.90. The van der Waals surface area contributed by atoms with Gasteiger partial charge in [0.2, 0.25) is 0 Å². The van der Waals surface area contributed by atoms with Crippen molar-refractivity contribution in [3.05, 3.63) is 107 Å². The molecule has 2 fully saturated rings. The third-order valence-corrected chi connectivity index (χ3v) is 6.17. The highest BCUT2D eigenvalue weighted by Crippen LogP contribution is 2.75. The van der Waals surface area contributed by atoms with Crippen molar-refractivity contribution in [1.29, 1.82) is 0 Å². The molecule has 2 nitrogen and oxygen atoms in total. The molecule has 3 aromatic carbocycles. The monoisotopic (exact) mass is 324 g/mol. The summed E-state index contributed by atoms with van der Waals surface area (Å²) in [6.45, 7) is 0. The summed E-state index contributed by atoms with van der Waals surface area (Å²) in [6.07, 6.45) is 0. The molecule has 1 saturated carbocycles. The molecule has 4 atom stereocenters. The lowest BCUT2D eigenvalue weighted by Crippen LogP contribution is -2.32. The molecule has 2 bridgehead atoms. The molecule has 0 amide bonds. The average Bonchev–Trinajstić information content (AvgIpc) is 3.15. The molecule has 0 radical (unpaired) electrons. The van der Waals surface area contributed by atoms with Gasteiger partial charge >= 0.3 is 0 Å². The first-order valence-corrected chi connectivity index (χ1v) is 8.75. The van der Waals surface area contributed by atoms with Crippen molar-refractivity contribution in [1.82, 2.24) is 0 Å². The van der Waals surface area contributed by atoms with Crippen LogP contribution in [0.25, 0.3) is 0 Å². The van der Waals surface area contributed by atoms with Crippen LogP contribution in [-0.4, -0.2) is 5.78 Å². The van der Waals surface area contributed by atoms with Gasteiger partial charge in [0, 0.05) is 0 Å². The van der Waals surface area contributed by atoms with Crippen LogP contribution in [0.15, 0.2) is 84.9 Å². The third-order valence-electron chi connectivity index (χ3n) is 6.17. The quantitative estimate of drug-likeness (QED) is 0.711. The Labute approximate surface area is 146 Å². The van der Waals surface area contributed by atoms with Crippen LogP contribution in [0.3, 0.4) is 0 Å². The Kier molecular flexibility index (Phi) is 2.32. The topological polar surface area (TPSA) is 26.3 Å². The van der Waals surface area contributed by atoms with Crippen molar-refractivity contribution in [2.45, 2.75) is 11.2 Å². The summed E-state index contributed by atoms with van der Waals surface area (Å²) in [6, 6.07) is 28.8. The van der Waals surface area contributed by atoms with Crippen LogP contribution in [0.5, 0.6) is 0 Å². The summed E-state index contributed by atoms with van der Waals surface area (Å²) in [5, 5.41) is 0. The van der Waals surface area contributed by atoms with Crippen LogP contribution < -0.4 is 0 Å². The molecule has 0 N–H and O–H groups in total. The molecule has 6 rings (SSSR count). The van der Waals surface area contributed by atoms with E-state index in [-0.39, 0.29) is 11.8 Å². The lowest BCUT2D eigenvalue weighted by molar-refractivity contribution is -0.128. The standard InChI is InChI=1S/C23H16O2/c24-21-19-20(21)23(16-11-5-2-6-12-16)18-14-8-7-13-17(18)22(19,25-23)15-9-3-1-4-10-15/h1-14,19-20H/t19-,20+,22+,23-. The van der Waals surface area contributed by atoms with E-state index >= 15 is 0 Å². The van der Waals surface area contributed by atoms with Gasteiger partial charge in [-0.1, -0.05) is 84.9 Å². The smallest absolute Gasteiger partial charge is 0.147 e. The van der Waals surface area contributed by atoms with E-state index in [0.29, 0.717) is 5.78 Å². The van der Waals surface area contributed by atoms with Gasteiger partial charge in [0.25, 0.3) is 0 Å². The summed E-state index contributed by atoms with van der Waals surface area (Å²) >= 11 is 0. The lowest BCUT2D eigenvalue weighted by atomic mass is 9.72. The highest BCUT2D eigenvalue weighted by atomic mass is 16.5. The van der Waals surface area contributed by atoms with Crippen LogP contribution >= 0.6 is 0 Å². The van der Waals surface area contributed by atoms with Gasteiger partial charge in [-0.15, -0.1) is 0 Å². The van der Waals surface area contributed by atoms with E-state index in [1.807, 2.05) is 48.5 Å². The van der Waals surface area contributed by atoms with Gasteiger partial charge in [0.1, 0.15) is 17.0 Å². The highest BCUT2D eigenvalue weighted by molar-refractivity contribution is 6.05. The van der Waals surface area contributed by atoms with E-state index in [1.54, 1.807) is 0 Å². The maximum Gasteiger partial charge on any atom is 0.147 e. The molecule has 2 aliphatic heterocycles. The molecule has 0 unspecified atom stereocenters. The minimum atomic E-state index is -0.643. The molecular formula is C23H16O2. The molecule has 0 aromatic heterocycles. The number of ketones is 1. The predicted molar refractivity (Wildman–Crippen MR) is 94.0 cm³/mol. The average molecular weight is 324 g/mol. The SMILES string of the molecule is O=C1[C@@H]2[C@H]1[C@@]1(c3ccccc3)O[C@]2(c2ccccc2)c2ccccc21. The number of hydrogen-bond acceptors (Lipinski definition) is 2. The first-order chi connectivity index (χ1) is 12.3. The molecule has 2 heteroatoms. The molecule has 1 aliphatic carbocycles. The van der Waals surface area contributed by atoms with Crippen molar-refractivity contribution in [2.75, 3.05) is 0 Å². The predicted octanol–water partition coefficient (Wildman–Crippen LogP) is 4.03. The maximum atomic E-state index is 12.9. The Morgan fingerprint density at radius 1 is 0.600 bits per heavy atom. The van der Waals surface area contributed by atoms with E-state index < -0.39 is 11.2 Å². The highest BCUT2D eigenvalue weighted by Gasteiger charge is 2.83. The van der Waals surface area contributed by atoms with Crippen LogP contribution in [0.1, 0.15) is 22.3 Å². The molecule has 0 spiro atoms. The molecule has 3 aliphatic rings. The summed E-state index contributed by atoms with van der Waals surface area (Å²) in [4.78, 5) is 12.9. The van der Waals surface area contributed by atoms with E-state index in [9.17, 15) is 4.79 Å². The van der Waals surface area contributed by atoms with Gasteiger partial charge in [-0.05, 0) is 22.3 Å². The van der Waals surface area contributed by atoms with Crippen LogP contribution in [0, 0.1) is 11.8 Å².